The molecule has 24 heavy (non-hydrogen) atoms. The topological polar surface area (TPSA) is 115 Å². The average molecular weight is 368 g/mol. The Balaban J connectivity index is 4.54. The molecule has 9 nitrogen and oxygen atoms in total. The molecule has 0 fully saturated rings. The summed E-state index contributed by atoms with van der Waals surface area (Å²) in [5.41, 5.74) is -1.41. The van der Waals surface area contributed by atoms with Gasteiger partial charge in [-0.15, -0.1) is 0 Å². The molecular weight excluding hydrogens is 342 g/mol. The fourth-order valence-electron chi connectivity index (χ4n) is 1.34. The van der Waals surface area contributed by atoms with E-state index in [1.807, 2.05) is 0 Å². The molecule has 1 unspecified atom stereocenters. The third kappa shape index (κ3) is 13.4. The van der Waals surface area contributed by atoms with Gasteiger partial charge in [-0.1, -0.05) is 0 Å². The minimum atomic E-state index is -1.03. The smallest absolute Gasteiger partial charge is 0.408 e. The molecule has 0 saturated carbocycles. The molecule has 1 amide bonds. The second kappa shape index (κ2) is 10.7. The van der Waals surface area contributed by atoms with Gasteiger partial charge in [-0.2, -0.15) is 4.33 Å². The van der Waals surface area contributed by atoms with E-state index in [1.165, 1.54) is 0 Å². The Morgan fingerprint density at radius 2 is 1.67 bits per heavy atom. The lowest BCUT2D eigenvalue weighted by atomic mass is 10.2. The molecule has 0 saturated heterocycles. The number of esters is 1. The Hall–Kier alpha value is -1.07. The molecule has 0 aromatic carbocycles. The van der Waals surface area contributed by atoms with Crippen LogP contribution < -0.4 is 10.6 Å². The van der Waals surface area contributed by atoms with Crippen LogP contribution in [-0.4, -0.2) is 48.3 Å². The van der Waals surface area contributed by atoms with Crippen LogP contribution in [0.25, 0.3) is 0 Å². The van der Waals surface area contributed by atoms with Crippen molar-refractivity contribution in [2.45, 2.75) is 58.8 Å². The maximum atomic E-state index is 12.2. The van der Waals surface area contributed by atoms with E-state index in [9.17, 15) is 14.8 Å². The van der Waals surface area contributed by atoms with Gasteiger partial charge in [0, 0.05) is 17.8 Å². The zero-order chi connectivity index (χ0) is 18.8. The number of rotatable bonds is 9. The second-order valence-corrected chi connectivity index (χ2v) is 7.55. The Morgan fingerprint density at radius 3 is 2.17 bits per heavy atom. The summed E-state index contributed by atoms with van der Waals surface area (Å²) in [6, 6.07) is -1.03. The minimum absolute atomic E-state index is 0.118. The molecule has 1 N–H and O–H groups in total. The molecule has 0 bridgehead atoms. The lowest BCUT2D eigenvalue weighted by Gasteiger charge is -2.26. The maximum Gasteiger partial charge on any atom is 0.408 e. The lowest BCUT2D eigenvalue weighted by Crippen LogP contribution is -2.48. The number of ether oxygens (including phenoxy) is 3. The SMILES string of the molecule is CC(C)(C)OC(=O)NC(COCCSOO[O-])C(=O)OC(C)(C)C. The molecule has 1 atom stereocenters. The van der Waals surface area contributed by atoms with Crippen LogP contribution in [0.15, 0.2) is 0 Å². The van der Waals surface area contributed by atoms with Crippen LogP contribution in [0.4, 0.5) is 4.79 Å². The molecule has 0 spiro atoms. The van der Waals surface area contributed by atoms with E-state index in [-0.39, 0.29) is 13.2 Å². The largest absolute Gasteiger partial charge is 0.691 e. The predicted molar refractivity (Wildman–Crippen MR) is 84.4 cm³/mol. The van der Waals surface area contributed by atoms with Crippen LogP contribution in [0.3, 0.4) is 0 Å². The van der Waals surface area contributed by atoms with Gasteiger partial charge < -0.3 is 24.8 Å². The van der Waals surface area contributed by atoms with Gasteiger partial charge in [0.2, 0.25) is 0 Å². The number of amides is 1. The van der Waals surface area contributed by atoms with E-state index in [0.29, 0.717) is 5.75 Å². The first-order valence-corrected chi connectivity index (χ1v) is 8.24. The highest BCUT2D eigenvalue weighted by atomic mass is 32.2. The van der Waals surface area contributed by atoms with Gasteiger partial charge >= 0.3 is 12.1 Å². The summed E-state index contributed by atoms with van der Waals surface area (Å²) in [6.45, 7) is 10.3. The van der Waals surface area contributed by atoms with Crippen molar-refractivity contribution in [2.24, 2.45) is 0 Å². The summed E-state index contributed by atoms with van der Waals surface area (Å²) in [6.07, 6.45) is -0.751. The van der Waals surface area contributed by atoms with Crippen molar-refractivity contribution in [1.82, 2.24) is 5.32 Å². The van der Waals surface area contributed by atoms with Crippen LogP contribution >= 0.6 is 12.0 Å². The molecule has 0 radical (unpaired) electrons. The normalized spacial score (nSPS) is 13.3. The van der Waals surface area contributed by atoms with Crippen molar-refractivity contribution in [3.63, 3.8) is 0 Å². The number of carbonyl (C=O) groups is 2. The van der Waals surface area contributed by atoms with E-state index in [4.69, 9.17) is 14.2 Å². The van der Waals surface area contributed by atoms with Crippen molar-refractivity contribution >= 4 is 24.1 Å². The minimum Gasteiger partial charge on any atom is -0.691 e. The summed E-state index contributed by atoms with van der Waals surface area (Å²) >= 11 is 0.757. The lowest BCUT2D eigenvalue weighted by molar-refractivity contribution is -0.777. The molecule has 10 heteroatoms. The van der Waals surface area contributed by atoms with Crippen molar-refractivity contribution < 1.29 is 38.4 Å². The second-order valence-electron chi connectivity index (χ2n) is 6.77. The molecule has 0 aliphatic heterocycles. The van der Waals surface area contributed by atoms with Gasteiger partial charge in [0.15, 0.2) is 6.04 Å². The molecule has 0 aromatic rings. The Morgan fingerprint density at radius 1 is 1.08 bits per heavy atom. The average Bonchev–Trinajstić information content (AvgIpc) is 2.37. The van der Waals surface area contributed by atoms with Gasteiger partial charge in [0.1, 0.15) is 11.2 Å². The summed E-state index contributed by atoms with van der Waals surface area (Å²) in [5.74, 6) is -0.337. The first kappa shape index (κ1) is 22.9. The molecule has 0 heterocycles. The molecule has 142 valence electrons. The van der Waals surface area contributed by atoms with Crippen LogP contribution in [-0.2, 0) is 28.4 Å². The Kier molecular flexibility index (Phi) is 10.2. The van der Waals surface area contributed by atoms with Crippen LogP contribution in [0.5, 0.6) is 0 Å². The fraction of sp³-hybridized carbons (Fsp3) is 0.857. The number of nitrogens with one attached hydrogen (secondary N) is 1. The van der Waals surface area contributed by atoms with Crippen LogP contribution in [0, 0.1) is 0 Å². The standard InChI is InChI=1S/C14H27NO8S/c1-13(2,3)20-11(16)10(9-19-7-8-24-23-22-18)15-12(17)21-14(4,5)6/h10,18H,7-9H2,1-6H3,(H,15,17)/p-1. The number of alkyl carbamates (subject to hydrolysis) is 1. The summed E-state index contributed by atoms with van der Waals surface area (Å²) in [7, 11) is 0. The van der Waals surface area contributed by atoms with E-state index in [1.54, 1.807) is 41.5 Å². The zero-order valence-corrected chi connectivity index (χ0v) is 15.7. The highest BCUT2D eigenvalue weighted by Crippen LogP contribution is 2.11. The molecule has 0 aliphatic carbocycles. The highest BCUT2D eigenvalue weighted by Gasteiger charge is 2.28. The zero-order valence-electron chi connectivity index (χ0n) is 14.9. The molecular formula is C14H26NO8S-. The predicted octanol–water partition coefficient (Wildman–Crippen LogP) is 1.11. The van der Waals surface area contributed by atoms with Crippen molar-refractivity contribution in [3.05, 3.63) is 0 Å². The molecule has 0 aromatic heterocycles. The first-order valence-electron chi connectivity index (χ1n) is 7.33. The van der Waals surface area contributed by atoms with Crippen molar-refractivity contribution in [2.75, 3.05) is 19.0 Å². The van der Waals surface area contributed by atoms with Crippen LogP contribution in [0.1, 0.15) is 41.5 Å². The van der Waals surface area contributed by atoms with Crippen LogP contribution in [0.2, 0.25) is 0 Å². The quantitative estimate of drug-likeness (QED) is 0.210. The Bertz CT molecular complexity index is 391. The number of hydrogen-bond donors (Lipinski definition) is 1. The third-order valence-electron chi connectivity index (χ3n) is 2.05. The van der Waals surface area contributed by atoms with E-state index in [0.717, 1.165) is 12.0 Å². The Labute approximate surface area is 146 Å². The fourth-order valence-corrected chi connectivity index (χ4v) is 1.63. The van der Waals surface area contributed by atoms with Gasteiger partial charge in [0.05, 0.1) is 13.2 Å². The van der Waals surface area contributed by atoms with E-state index >= 15 is 0 Å². The van der Waals surface area contributed by atoms with Crippen molar-refractivity contribution in [1.29, 1.82) is 0 Å². The third-order valence-corrected chi connectivity index (χ3v) is 2.54. The highest BCUT2D eigenvalue weighted by molar-refractivity contribution is 7.94. The number of hydrogen-bond acceptors (Lipinski definition) is 9. The van der Waals surface area contributed by atoms with Gasteiger partial charge in [-0.05, 0) is 41.5 Å². The number of carbonyl (C=O) groups excluding carboxylic acids is 2. The first-order chi connectivity index (χ1) is 10.9. The van der Waals surface area contributed by atoms with E-state index < -0.39 is 29.3 Å². The summed E-state index contributed by atoms with van der Waals surface area (Å²) < 4.78 is 19.7. The van der Waals surface area contributed by atoms with Gasteiger partial charge in [-0.25, -0.2) is 9.59 Å². The summed E-state index contributed by atoms with van der Waals surface area (Å²) in [5, 5.41) is 15.2. The summed E-state index contributed by atoms with van der Waals surface area (Å²) in [4.78, 5) is 24.0. The monoisotopic (exact) mass is 368 g/mol. The maximum absolute atomic E-state index is 12.2. The van der Waals surface area contributed by atoms with Gasteiger partial charge in [-0.3, -0.25) is 5.04 Å². The van der Waals surface area contributed by atoms with E-state index in [2.05, 4.69) is 14.7 Å². The molecule has 0 rings (SSSR count). The van der Waals surface area contributed by atoms with Gasteiger partial charge in [0.25, 0.3) is 0 Å². The molecule has 0 aliphatic rings. The van der Waals surface area contributed by atoms with Crippen molar-refractivity contribution in [3.8, 4) is 0 Å².